The molecule has 1 heterocycles. The molecule has 0 unspecified atom stereocenters. The van der Waals surface area contributed by atoms with Crippen LogP contribution in [0, 0.1) is 11.3 Å². The lowest BCUT2D eigenvalue weighted by Gasteiger charge is -2.06. The molecule has 2 aromatic carbocycles. The molecule has 0 atom stereocenters. The number of fused-ring (bicyclic) bond motifs is 1. The van der Waals surface area contributed by atoms with Gasteiger partial charge in [0.25, 0.3) is 0 Å². The summed E-state index contributed by atoms with van der Waals surface area (Å²) in [4.78, 5) is 4.48. The van der Waals surface area contributed by atoms with E-state index < -0.39 is 11.7 Å². The number of aromatic nitrogens is 1. The van der Waals surface area contributed by atoms with E-state index in [1.54, 1.807) is 0 Å². The second-order valence-corrected chi connectivity index (χ2v) is 5.72. The van der Waals surface area contributed by atoms with Gasteiger partial charge in [0.2, 0.25) is 0 Å². The highest BCUT2D eigenvalue weighted by Crippen LogP contribution is 2.34. The minimum atomic E-state index is -4.34. The van der Waals surface area contributed by atoms with Crippen LogP contribution >= 0.6 is 11.3 Å². The zero-order valence-corrected chi connectivity index (χ0v) is 12.0. The zero-order valence-electron chi connectivity index (χ0n) is 11.2. The van der Waals surface area contributed by atoms with Gasteiger partial charge in [-0.2, -0.15) is 18.4 Å². The largest absolute Gasteiger partial charge is 0.416 e. The first kappa shape index (κ1) is 14.5. The highest BCUT2D eigenvalue weighted by molar-refractivity contribution is 7.21. The lowest BCUT2D eigenvalue weighted by molar-refractivity contribution is -0.137. The lowest BCUT2D eigenvalue weighted by atomic mass is 10.1. The average Bonchev–Trinajstić information content (AvgIpc) is 2.92. The van der Waals surface area contributed by atoms with E-state index in [-0.39, 0.29) is 6.42 Å². The van der Waals surface area contributed by atoms with Crippen LogP contribution in [0.15, 0.2) is 42.5 Å². The number of halogens is 3. The first-order valence-corrected chi connectivity index (χ1v) is 7.24. The third kappa shape index (κ3) is 2.68. The van der Waals surface area contributed by atoms with Crippen molar-refractivity contribution in [2.45, 2.75) is 12.6 Å². The third-order valence-electron chi connectivity index (χ3n) is 3.23. The van der Waals surface area contributed by atoms with Gasteiger partial charge in [-0.25, -0.2) is 4.98 Å². The molecule has 1 aromatic heterocycles. The minimum Gasteiger partial charge on any atom is -0.236 e. The molecule has 110 valence electrons. The summed E-state index contributed by atoms with van der Waals surface area (Å²) in [5.74, 6) is 0. The summed E-state index contributed by atoms with van der Waals surface area (Å²) in [5, 5.41) is 9.48. The molecule has 0 fully saturated rings. The van der Waals surface area contributed by atoms with Crippen molar-refractivity contribution >= 4 is 21.6 Å². The van der Waals surface area contributed by atoms with Crippen molar-refractivity contribution < 1.29 is 13.2 Å². The van der Waals surface area contributed by atoms with Crippen LogP contribution in [0.1, 0.15) is 11.1 Å². The molecular weight excluding hydrogens is 309 g/mol. The van der Waals surface area contributed by atoms with Crippen molar-refractivity contribution in [2.75, 3.05) is 0 Å². The van der Waals surface area contributed by atoms with E-state index >= 15 is 0 Å². The monoisotopic (exact) mass is 318 g/mol. The van der Waals surface area contributed by atoms with E-state index in [9.17, 15) is 13.2 Å². The third-order valence-corrected chi connectivity index (χ3v) is 4.30. The van der Waals surface area contributed by atoms with E-state index in [0.29, 0.717) is 10.6 Å². The average molecular weight is 318 g/mol. The summed E-state index contributed by atoms with van der Waals surface area (Å²) in [6.45, 7) is 0. The molecular formula is C16H9F3N2S. The highest BCUT2D eigenvalue weighted by Gasteiger charge is 2.30. The summed E-state index contributed by atoms with van der Waals surface area (Å²) < 4.78 is 38.7. The Balaban J connectivity index is 2.04. The molecule has 0 amide bonds. The summed E-state index contributed by atoms with van der Waals surface area (Å²) in [7, 11) is 0. The molecule has 0 aliphatic heterocycles. The normalized spacial score (nSPS) is 11.5. The van der Waals surface area contributed by atoms with Gasteiger partial charge in [0.05, 0.1) is 28.3 Å². The molecule has 0 saturated carbocycles. The lowest BCUT2D eigenvalue weighted by Crippen LogP contribution is -2.03. The fraction of sp³-hybridized carbons (Fsp3) is 0.125. The van der Waals surface area contributed by atoms with Crippen LogP contribution in [-0.4, -0.2) is 4.98 Å². The van der Waals surface area contributed by atoms with E-state index in [4.69, 9.17) is 5.26 Å². The van der Waals surface area contributed by atoms with E-state index in [1.165, 1.54) is 23.5 Å². The van der Waals surface area contributed by atoms with Crippen molar-refractivity contribution in [3.63, 3.8) is 0 Å². The predicted octanol–water partition coefficient (Wildman–Crippen LogP) is 5.05. The van der Waals surface area contributed by atoms with Crippen LogP contribution in [0.2, 0.25) is 0 Å². The van der Waals surface area contributed by atoms with Gasteiger partial charge in [-0.15, -0.1) is 11.3 Å². The molecule has 3 aromatic rings. The molecule has 0 radical (unpaired) electrons. The first-order chi connectivity index (χ1) is 10.5. The van der Waals surface area contributed by atoms with E-state index in [1.807, 2.05) is 18.2 Å². The summed E-state index contributed by atoms with van der Waals surface area (Å²) >= 11 is 1.40. The van der Waals surface area contributed by atoms with Gasteiger partial charge in [0.1, 0.15) is 5.01 Å². The van der Waals surface area contributed by atoms with Gasteiger partial charge in [0.15, 0.2) is 0 Å². The minimum absolute atomic E-state index is 0.257. The topological polar surface area (TPSA) is 36.7 Å². The van der Waals surface area contributed by atoms with Gasteiger partial charge < -0.3 is 0 Å². The quantitative estimate of drug-likeness (QED) is 0.663. The van der Waals surface area contributed by atoms with Gasteiger partial charge in [0, 0.05) is 5.56 Å². The van der Waals surface area contributed by atoms with Crippen molar-refractivity contribution in [3.8, 4) is 16.6 Å². The van der Waals surface area contributed by atoms with Gasteiger partial charge in [-0.1, -0.05) is 24.3 Å². The van der Waals surface area contributed by atoms with Crippen molar-refractivity contribution in [3.05, 3.63) is 53.6 Å². The Morgan fingerprint density at radius 2 is 1.82 bits per heavy atom. The number of thiazole rings is 1. The number of nitriles is 1. The second kappa shape index (κ2) is 5.43. The maximum Gasteiger partial charge on any atom is 0.416 e. The maximum atomic E-state index is 12.6. The number of hydrogen-bond donors (Lipinski definition) is 0. The number of benzene rings is 2. The number of para-hydroxylation sites is 1. The number of hydrogen-bond acceptors (Lipinski definition) is 3. The molecule has 22 heavy (non-hydrogen) atoms. The van der Waals surface area contributed by atoms with Crippen molar-refractivity contribution in [1.29, 1.82) is 5.26 Å². The Labute approximate surface area is 128 Å². The van der Waals surface area contributed by atoms with Gasteiger partial charge in [-0.05, 0) is 23.8 Å². The molecule has 0 aliphatic carbocycles. The van der Waals surface area contributed by atoms with E-state index in [2.05, 4.69) is 11.1 Å². The number of nitrogens with zero attached hydrogens (tertiary/aromatic N) is 2. The zero-order chi connectivity index (χ0) is 15.7. The molecule has 0 N–H and O–H groups in total. The van der Waals surface area contributed by atoms with Crippen LogP contribution < -0.4 is 0 Å². The molecule has 0 spiro atoms. The smallest absolute Gasteiger partial charge is 0.236 e. The molecule has 6 heteroatoms. The number of rotatable bonds is 2. The Morgan fingerprint density at radius 3 is 2.45 bits per heavy atom. The fourth-order valence-electron chi connectivity index (χ4n) is 2.16. The summed E-state index contributed by atoms with van der Waals surface area (Å²) in [6, 6.07) is 12.6. The number of alkyl halides is 3. The molecule has 2 nitrogen and oxygen atoms in total. The van der Waals surface area contributed by atoms with E-state index in [0.717, 1.165) is 27.9 Å². The maximum absolute atomic E-state index is 12.6. The Hall–Kier alpha value is -2.39. The predicted molar refractivity (Wildman–Crippen MR) is 79.4 cm³/mol. The molecule has 3 rings (SSSR count). The highest BCUT2D eigenvalue weighted by atomic mass is 32.1. The Bertz CT molecular complexity index is 858. The van der Waals surface area contributed by atoms with Crippen LogP contribution in [0.3, 0.4) is 0 Å². The fourth-order valence-corrected chi connectivity index (χ4v) is 3.18. The Kier molecular flexibility index (Phi) is 3.59. The van der Waals surface area contributed by atoms with Gasteiger partial charge in [-0.3, -0.25) is 0 Å². The molecule has 0 bridgehead atoms. The van der Waals surface area contributed by atoms with Crippen LogP contribution in [0.25, 0.3) is 20.8 Å². The van der Waals surface area contributed by atoms with Gasteiger partial charge >= 0.3 is 6.18 Å². The van der Waals surface area contributed by atoms with Crippen LogP contribution in [0.4, 0.5) is 13.2 Å². The first-order valence-electron chi connectivity index (χ1n) is 6.42. The standard InChI is InChI=1S/C16H9F3N2S/c17-16(18,19)12-6-4-11(5-7-12)15-21-14-10(8-9-20)2-1-3-13(14)22-15/h1-7H,8H2. The van der Waals surface area contributed by atoms with Crippen molar-refractivity contribution in [1.82, 2.24) is 4.98 Å². The summed E-state index contributed by atoms with van der Waals surface area (Å²) in [6.07, 6.45) is -4.08. The second-order valence-electron chi connectivity index (χ2n) is 4.69. The summed E-state index contributed by atoms with van der Waals surface area (Å²) in [5.41, 5.74) is 1.53. The SMILES string of the molecule is N#CCc1cccc2sc(-c3ccc(C(F)(F)F)cc3)nc12. The Morgan fingerprint density at radius 1 is 1.09 bits per heavy atom. The van der Waals surface area contributed by atoms with Crippen LogP contribution in [-0.2, 0) is 12.6 Å². The van der Waals surface area contributed by atoms with Crippen molar-refractivity contribution in [2.24, 2.45) is 0 Å². The van der Waals surface area contributed by atoms with Crippen LogP contribution in [0.5, 0.6) is 0 Å². The molecule has 0 saturated heterocycles. The molecule has 0 aliphatic rings.